The molecule has 2 rings (SSSR count). The fourth-order valence-corrected chi connectivity index (χ4v) is 1.63. The molecule has 0 radical (unpaired) electrons. The highest BCUT2D eigenvalue weighted by Crippen LogP contribution is 2.18. The Morgan fingerprint density at radius 1 is 1.50 bits per heavy atom. The Balaban J connectivity index is 2.20. The second-order valence-corrected chi connectivity index (χ2v) is 3.88. The average Bonchev–Trinajstić information content (AvgIpc) is 2.70. The molecule has 0 aliphatic rings. The molecular formula is C12H14N4O2. The lowest BCUT2D eigenvalue weighted by Gasteiger charge is -2.04. The minimum absolute atomic E-state index is 0.169. The summed E-state index contributed by atoms with van der Waals surface area (Å²) in [6.07, 6.45) is 4.01. The summed E-state index contributed by atoms with van der Waals surface area (Å²) in [4.78, 5) is 14.8. The van der Waals surface area contributed by atoms with Gasteiger partial charge < -0.3 is 10.4 Å². The lowest BCUT2D eigenvalue weighted by Crippen LogP contribution is -1.99. The third kappa shape index (κ3) is 2.48. The second kappa shape index (κ2) is 4.87. The van der Waals surface area contributed by atoms with Gasteiger partial charge in [0.15, 0.2) is 0 Å². The number of rotatable bonds is 4. The fourth-order valence-electron chi connectivity index (χ4n) is 1.63. The van der Waals surface area contributed by atoms with Crippen LogP contribution in [0, 0.1) is 0 Å². The number of carbonyl (C=O) groups is 1. The van der Waals surface area contributed by atoms with Gasteiger partial charge in [0.2, 0.25) is 0 Å². The molecular weight excluding hydrogens is 232 g/mol. The number of hydrogen-bond donors (Lipinski definition) is 2. The van der Waals surface area contributed by atoms with Crippen molar-refractivity contribution in [2.24, 2.45) is 7.05 Å². The van der Waals surface area contributed by atoms with Crippen LogP contribution in [0.1, 0.15) is 23.0 Å². The molecule has 0 atom stereocenters. The molecule has 0 amide bonds. The Bertz CT molecular complexity index is 560. The van der Waals surface area contributed by atoms with E-state index in [2.05, 4.69) is 15.4 Å². The first kappa shape index (κ1) is 12.1. The number of anilines is 2. The Morgan fingerprint density at radius 3 is 2.83 bits per heavy atom. The van der Waals surface area contributed by atoms with E-state index >= 15 is 0 Å². The highest BCUT2D eigenvalue weighted by atomic mass is 16.4. The van der Waals surface area contributed by atoms with E-state index in [9.17, 15) is 4.79 Å². The van der Waals surface area contributed by atoms with Crippen molar-refractivity contribution < 1.29 is 9.90 Å². The van der Waals surface area contributed by atoms with Gasteiger partial charge in [0, 0.05) is 19.4 Å². The molecule has 2 heterocycles. The van der Waals surface area contributed by atoms with Crippen LogP contribution in [0.25, 0.3) is 0 Å². The molecule has 6 nitrogen and oxygen atoms in total. The van der Waals surface area contributed by atoms with E-state index in [1.807, 2.05) is 20.2 Å². The van der Waals surface area contributed by atoms with Crippen LogP contribution >= 0.6 is 0 Å². The maximum Gasteiger partial charge on any atom is 0.337 e. The van der Waals surface area contributed by atoms with Gasteiger partial charge in [-0.1, -0.05) is 6.92 Å². The van der Waals surface area contributed by atoms with Gasteiger partial charge in [0.25, 0.3) is 0 Å². The van der Waals surface area contributed by atoms with Crippen molar-refractivity contribution in [3.63, 3.8) is 0 Å². The summed E-state index contributed by atoms with van der Waals surface area (Å²) in [5.41, 5.74) is 2.00. The summed E-state index contributed by atoms with van der Waals surface area (Å²) in [5, 5.41) is 16.2. The maximum absolute atomic E-state index is 10.7. The van der Waals surface area contributed by atoms with Gasteiger partial charge in [-0.15, -0.1) is 0 Å². The van der Waals surface area contributed by atoms with Crippen LogP contribution in [-0.2, 0) is 13.5 Å². The fraction of sp³-hybridized carbons (Fsp3) is 0.250. The summed E-state index contributed by atoms with van der Waals surface area (Å²) in [7, 11) is 1.85. The van der Waals surface area contributed by atoms with E-state index < -0.39 is 5.97 Å². The van der Waals surface area contributed by atoms with Crippen LogP contribution < -0.4 is 5.32 Å². The SMILES string of the molecule is CCc1nn(C)cc1Nc1ccc(C(=O)O)cn1. The van der Waals surface area contributed by atoms with Gasteiger partial charge in [-0.2, -0.15) is 5.10 Å². The molecule has 0 saturated carbocycles. The van der Waals surface area contributed by atoms with E-state index in [0.717, 1.165) is 17.8 Å². The minimum atomic E-state index is -0.982. The molecule has 0 fully saturated rings. The maximum atomic E-state index is 10.7. The summed E-state index contributed by atoms with van der Waals surface area (Å²) in [5.74, 6) is -0.382. The van der Waals surface area contributed by atoms with Crippen LogP contribution in [0.15, 0.2) is 24.5 Å². The molecule has 94 valence electrons. The topological polar surface area (TPSA) is 80.0 Å². The summed E-state index contributed by atoms with van der Waals surface area (Å²) in [6, 6.07) is 3.15. The van der Waals surface area contributed by atoms with E-state index in [1.165, 1.54) is 12.3 Å². The van der Waals surface area contributed by atoms with Crippen LogP contribution in [0.5, 0.6) is 0 Å². The molecule has 2 aromatic heterocycles. The first-order valence-corrected chi connectivity index (χ1v) is 5.59. The highest BCUT2D eigenvalue weighted by molar-refractivity contribution is 5.87. The van der Waals surface area contributed by atoms with E-state index in [4.69, 9.17) is 5.11 Å². The van der Waals surface area contributed by atoms with Crippen LogP contribution in [0.4, 0.5) is 11.5 Å². The van der Waals surface area contributed by atoms with Gasteiger partial charge >= 0.3 is 5.97 Å². The molecule has 0 bridgehead atoms. The zero-order chi connectivity index (χ0) is 13.1. The first-order valence-electron chi connectivity index (χ1n) is 5.59. The number of aromatic carboxylic acids is 1. The molecule has 2 N–H and O–H groups in total. The Kier molecular flexibility index (Phi) is 3.27. The second-order valence-electron chi connectivity index (χ2n) is 3.88. The summed E-state index contributed by atoms with van der Waals surface area (Å²) >= 11 is 0. The number of carboxylic acid groups (broad SMARTS) is 1. The van der Waals surface area contributed by atoms with Crippen molar-refractivity contribution in [3.8, 4) is 0 Å². The van der Waals surface area contributed by atoms with Crippen LogP contribution in [0.3, 0.4) is 0 Å². The zero-order valence-electron chi connectivity index (χ0n) is 10.2. The normalized spacial score (nSPS) is 10.3. The van der Waals surface area contributed by atoms with Gasteiger partial charge in [-0.3, -0.25) is 4.68 Å². The third-order valence-electron chi connectivity index (χ3n) is 2.51. The Labute approximate surface area is 104 Å². The van der Waals surface area contributed by atoms with Gasteiger partial charge in [-0.05, 0) is 18.6 Å². The van der Waals surface area contributed by atoms with E-state index in [0.29, 0.717) is 5.82 Å². The molecule has 0 aliphatic carbocycles. The molecule has 0 unspecified atom stereocenters. The number of hydrogen-bond acceptors (Lipinski definition) is 4. The van der Waals surface area contributed by atoms with Crippen molar-refractivity contribution in [3.05, 3.63) is 35.8 Å². The molecule has 0 saturated heterocycles. The van der Waals surface area contributed by atoms with E-state index in [-0.39, 0.29) is 5.56 Å². The van der Waals surface area contributed by atoms with Crippen molar-refractivity contribution in [2.75, 3.05) is 5.32 Å². The van der Waals surface area contributed by atoms with Crippen LogP contribution in [0.2, 0.25) is 0 Å². The predicted molar refractivity (Wildman–Crippen MR) is 67.1 cm³/mol. The van der Waals surface area contributed by atoms with Crippen LogP contribution in [-0.4, -0.2) is 25.8 Å². The summed E-state index contributed by atoms with van der Waals surface area (Å²) in [6.45, 7) is 2.02. The van der Waals surface area contributed by atoms with Gasteiger partial charge in [0.1, 0.15) is 5.82 Å². The predicted octanol–water partition coefficient (Wildman–Crippen LogP) is 1.82. The van der Waals surface area contributed by atoms with Crippen molar-refractivity contribution >= 4 is 17.5 Å². The Morgan fingerprint density at radius 2 is 2.28 bits per heavy atom. The number of aromatic nitrogens is 3. The lowest BCUT2D eigenvalue weighted by molar-refractivity contribution is 0.0696. The molecule has 2 aromatic rings. The lowest BCUT2D eigenvalue weighted by atomic mass is 10.2. The van der Waals surface area contributed by atoms with E-state index in [1.54, 1.807) is 10.7 Å². The largest absolute Gasteiger partial charge is 0.478 e. The first-order chi connectivity index (χ1) is 8.60. The standard InChI is InChI=1S/C12H14N4O2/c1-3-9-10(7-16(2)15-9)14-11-5-4-8(6-13-11)12(17)18/h4-7H,3H2,1-2H3,(H,13,14)(H,17,18). The molecule has 0 spiro atoms. The average molecular weight is 246 g/mol. The Hall–Kier alpha value is -2.37. The van der Waals surface area contributed by atoms with Crippen molar-refractivity contribution in [1.29, 1.82) is 0 Å². The zero-order valence-corrected chi connectivity index (χ0v) is 10.2. The summed E-state index contributed by atoms with van der Waals surface area (Å²) < 4.78 is 1.73. The minimum Gasteiger partial charge on any atom is -0.478 e. The number of aryl methyl sites for hydroxylation is 2. The smallest absolute Gasteiger partial charge is 0.337 e. The molecule has 18 heavy (non-hydrogen) atoms. The monoisotopic (exact) mass is 246 g/mol. The van der Waals surface area contributed by atoms with Gasteiger partial charge in [0.05, 0.1) is 16.9 Å². The number of nitrogens with zero attached hydrogens (tertiary/aromatic N) is 3. The molecule has 0 aliphatic heterocycles. The third-order valence-corrected chi connectivity index (χ3v) is 2.51. The number of nitrogens with one attached hydrogen (secondary N) is 1. The van der Waals surface area contributed by atoms with Crippen molar-refractivity contribution in [2.45, 2.75) is 13.3 Å². The number of carboxylic acids is 1. The van der Waals surface area contributed by atoms with Crippen molar-refractivity contribution in [1.82, 2.24) is 14.8 Å². The highest BCUT2D eigenvalue weighted by Gasteiger charge is 2.07. The quantitative estimate of drug-likeness (QED) is 0.860. The molecule has 6 heteroatoms. The number of pyridine rings is 1. The van der Waals surface area contributed by atoms with Gasteiger partial charge in [-0.25, -0.2) is 9.78 Å². The molecule has 0 aromatic carbocycles.